The first-order valence-electron chi connectivity index (χ1n) is 16.8. The van der Waals surface area contributed by atoms with Crippen molar-refractivity contribution in [2.24, 2.45) is 34.8 Å². The molecule has 0 aromatic heterocycles. The number of ether oxygens (including phenoxy) is 3. The minimum absolute atomic E-state index is 0.0428. The Hall–Kier alpha value is -2.66. The first-order valence-corrected chi connectivity index (χ1v) is 18.4. The molecule has 0 bridgehead atoms. The van der Waals surface area contributed by atoms with Gasteiger partial charge in [-0.3, -0.25) is 4.79 Å². The van der Waals surface area contributed by atoms with Gasteiger partial charge in [-0.05, 0) is 79.2 Å². The van der Waals surface area contributed by atoms with Gasteiger partial charge in [0.15, 0.2) is 21.3 Å². The third-order valence-electron chi connectivity index (χ3n) is 8.83. The quantitative estimate of drug-likeness (QED) is 0.146. The fraction of sp³-hybridized carbons (Fsp3) is 0.649. The molecule has 9 nitrogen and oxygen atoms in total. The van der Waals surface area contributed by atoms with Gasteiger partial charge in [0.25, 0.3) is 0 Å². The van der Waals surface area contributed by atoms with E-state index in [4.69, 9.17) is 19.9 Å². The van der Waals surface area contributed by atoms with Crippen LogP contribution in [0.4, 0.5) is 0 Å². The van der Waals surface area contributed by atoms with Crippen LogP contribution >= 0.6 is 0 Å². The van der Waals surface area contributed by atoms with E-state index in [1.165, 1.54) is 0 Å². The molecule has 266 valence electrons. The van der Waals surface area contributed by atoms with Crippen LogP contribution in [0.1, 0.15) is 71.9 Å². The summed E-state index contributed by atoms with van der Waals surface area (Å²) in [6, 6.07) is 12.2. The zero-order valence-electron chi connectivity index (χ0n) is 30.0. The van der Waals surface area contributed by atoms with E-state index in [0.29, 0.717) is 37.1 Å². The van der Waals surface area contributed by atoms with Crippen LogP contribution in [0.2, 0.25) is 0 Å². The molecule has 0 heterocycles. The molecule has 0 saturated heterocycles. The molecule has 4 N–H and O–H groups in total. The van der Waals surface area contributed by atoms with Crippen molar-refractivity contribution in [2.75, 3.05) is 39.7 Å². The van der Waals surface area contributed by atoms with Gasteiger partial charge in [-0.2, -0.15) is 0 Å². The number of aliphatic hydroxyl groups excluding tert-OH is 1. The number of amides is 1. The van der Waals surface area contributed by atoms with Crippen LogP contribution < -0.4 is 20.5 Å². The number of carbonyl (C=O) groups excluding carboxylic acids is 1. The Labute approximate surface area is 283 Å². The normalized spacial score (nSPS) is 14.9. The molecule has 0 radical (unpaired) electrons. The minimum Gasteiger partial charge on any atom is -0.493 e. The van der Waals surface area contributed by atoms with E-state index in [9.17, 15) is 18.3 Å². The summed E-state index contributed by atoms with van der Waals surface area (Å²) in [4.78, 5) is 13.7. The van der Waals surface area contributed by atoms with Crippen molar-refractivity contribution in [1.82, 2.24) is 5.32 Å². The smallest absolute Gasteiger partial charge is 0.223 e. The summed E-state index contributed by atoms with van der Waals surface area (Å²) in [5.74, 6) is 1.04. The lowest BCUT2D eigenvalue weighted by Gasteiger charge is -2.31. The molecule has 2 rings (SSSR count). The van der Waals surface area contributed by atoms with Crippen molar-refractivity contribution < 1.29 is 32.5 Å². The zero-order chi connectivity index (χ0) is 35.4. The Kier molecular flexibility index (Phi) is 16.2. The first kappa shape index (κ1) is 40.5. The lowest BCUT2D eigenvalue weighted by Crippen LogP contribution is -2.45. The average molecular weight is 677 g/mol. The van der Waals surface area contributed by atoms with E-state index in [1.54, 1.807) is 38.5 Å². The molecule has 0 fully saturated rings. The molecular weight excluding hydrogens is 616 g/mol. The highest BCUT2D eigenvalue weighted by Gasteiger charge is 2.32. The van der Waals surface area contributed by atoms with Gasteiger partial charge in [0.2, 0.25) is 5.91 Å². The topological polar surface area (TPSA) is 137 Å². The Bertz CT molecular complexity index is 1340. The Morgan fingerprint density at radius 1 is 0.957 bits per heavy atom. The number of aryl methyl sites for hydroxylation is 1. The monoisotopic (exact) mass is 676 g/mol. The number of hydrogen-bond acceptors (Lipinski definition) is 8. The summed E-state index contributed by atoms with van der Waals surface area (Å²) in [5.41, 5.74) is 7.99. The fourth-order valence-corrected chi connectivity index (χ4v) is 7.56. The van der Waals surface area contributed by atoms with Gasteiger partial charge in [-0.1, -0.05) is 65.3 Å². The van der Waals surface area contributed by atoms with E-state index in [2.05, 4.69) is 19.2 Å². The molecule has 4 atom stereocenters. The van der Waals surface area contributed by atoms with Crippen LogP contribution in [-0.4, -0.2) is 71.3 Å². The molecule has 2 aromatic carbocycles. The Balaban J connectivity index is 2.02. The lowest BCUT2D eigenvalue weighted by atomic mass is 9.80. The SMILES string of the molecule is COCCCOc1cc(C[C@@H](C[C@H](N)[C@@H](O)C[C@H](C(=O)NCC(C)(C)CS(=O)(=O)c2ccc(C)cc2)C(C)C)C(C)C)ccc1OC. The number of nitrogens with one attached hydrogen (secondary N) is 1. The van der Waals surface area contributed by atoms with Crippen molar-refractivity contribution >= 4 is 15.7 Å². The number of sulfone groups is 1. The molecule has 0 aliphatic heterocycles. The largest absolute Gasteiger partial charge is 0.493 e. The second kappa shape index (κ2) is 18.8. The number of rotatable bonds is 21. The van der Waals surface area contributed by atoms with E-state index in [0.717, 1.165) is 24.0 Å². The summed E-state index contributed by atoms with van der Waals surface area (Å²) < 4.78 is 42.7. The summed E-state index contributed by atoms with van der Waals surface area (Å²) >= 11 is 0. The molecule has 0 unspecified atom stereocenters. The van der Waals surface area contributed by atoms with E-state index in [1.807, 2.05) is 52.8 Å². The van der Waals surface area contributed by atoms with Gasteiger partial charge >= 0.3 is 0 Å². The molecular formula is C37H60N2O7S. The molecule has 0 aliphatic carbocycles. The Morgan fingerprint density at radius 2 is 1.62 bits per heavy atom. The molecule has 2 aromatic rings. The number of aliphatic hydroxyl groups is 1. The number of methoxy groups -OCH3 is 2. The van der Waals surface area contributed by atoms with Crippen LogP contribution in [0, 0.1) is 36.0 Å². The molecule has 0 spiro atoms. The summed E-state index contributed by atoms with van der Waals surface area (Å²) in [7, 11) is -0.241. The minimum atomic E-state index is -3.53. The van der Waals surface area contributed by atoms with Crippen molar-refractivity contribution in [2.45, 2.75) is 91.2 Å². The van der Waals surface area contributed by atoms with Crippen LogP contribution in [0.3, 0.4) is 0 Å². The third-order valence-corrected chi connectivity index (χ3v) is 11.0. The lowest BCUT2D eigenvalue weighted by molar-refractivity contribution is -0.128. The van der Waals surface area contributed by atoms with Crippen LogP contribution in [0.5, 0.6) is 11.5 Å². The molecule has 1 amide bonds. The standard InChI is InChI=1S/C37H60N2O7S/c1-25(2)29(19-28-13-16-34(45-9)35(20-28)46-18-10-17-44-8)21-32(38)33(40)22-31(26(3)4)36(41)39-23-37(6,7)24-47(42,43)30-14-11-27(5)12-15-30/h11-16,20,25-26,29,31-33,40H,10,17-19,21-24,38H2,1-9H3,(H,39,41)/t29-,31-,32-,33-/m0/s1. The van der Waals surface area contributed by atoms with Gasteiger partial charge in [-0.15, -0.1) is 0 Å². The van der Waals surface area contributed by atoms with Gasteiger partial charge in [0.1, 0.15) is 0 Å². The Morgan fingerprint density at radius 3 is 2.19 bits per heavy atom. The van der Waals surface area contributed by atoms with Crippen molar-refractivity contribution in [3.8, 4) is 11.5 Å². The van der Waals surface area contributed by atoms with Gasteiger partial charge in [0.05, 0.1) is 30.5 Å². The van der Waals surface area contributed by atoms with Gasteiger partial charge in [-0.25, -0.2) is 8.42 Å². The molecule has 0 aliphatic rings. The third kappa shape index (κ3) is 13.4. The van der Waals surface area contributed by atoms with Crippen molar-refractivity contribution in [3.05, 3.63) is 53.6 Å². The maximum absolute atomic E-state index is 13.4. The fourth-order valence-electron chi connectivity index (χ4n) is 5.72. The van der Waals surface area contributed by atoms with Crippen molar-refractivity contribution in [1.29, 1.82) is 0 Å². The van der Waals surface area contributed by atoms with E-state index >= 15 is 0 Å². The number of hydrogen-bond donors (Lipinski definition) is 3. The summed E-state index contributed by atoms with van der Waals surface area (Å²) in [5, 5.41) is 14.2. The maximum Gasteiger partial charge on any atom is 0.223 e. The second-order valence-electron chi connectivity index (χ2n) is 14.4. The molecule has 47 heavy (non-hydrogen) atoms. The number of nitrogens with two attached hydrogens (primary N) is 1. The summed E-state index contributed by atoms with van der Waals surface area (Å²) in [6.45, 7) is 15.1. The first-order chi connectivity index (χ1) is 22.0. The molecule has 0 saturated carbocycles. The number of benzene rings is 2. The predicted molar refractivity (Wildman–Crippen MR) is 189 cm³/mol. The van der Waals surface area contributed by atoms with E-state index < -0.39 is 33.3 Å². The summed E-state index contributed by atoms with van der Waals surface area (Å²) in [6.07, 6.45) is 1.46. The highest BCUT2D eigenvalue weighted by Crippen LogP contribution is 2.32. The van der Waals surface area contributed by atoms with Crippen LogP contribution in [0.15, 0.2) is 47.4 Å². The van der Waals surface area contributed by atoms with E-state index in [-0.39, 0.29) is 41.4 Å². The van der Waals surface area contributed by atoms with Crippen LogP contribution in [-0.2, 0) is 25.8 Å². The van der Waals surface area contributed by atoms with Gasteiger partial charge < -0.3 is 30.4 Å². The number of carbonyl (C=O) groups is 1. The highest BCUT2D eigenvalue weighted by atomic mass is 32.2. The van der Waals surface area contributed by atoms with Gasteiger partial charge in [0, 0.05) is 38.6 Å². The highest BCUT2D eigenvalue weighted by molar-refractivity contribution is 7.91. The average Bonchev–Trinajstić information content (AvgIpc) is 3.00. The van der Waals surface area contributed by atoms with Crippen LogP contribution in [0.25, 0.3) is 0 Å². The van der Waals surface area contributed by atoms with Crippen molar-refractivity contribution in [3.63, 3.8) is 0 Å². The molecule has 10 heteroatoms. The second-order valence-corrected chi connectivity index (χ2v) is 16.4. The maximum atomic E-state index is 13.4. The zero-order valence-corrected chi connectivity index (χ0v) is 30.9. The predicted octanol–water partition coefficient (Wildman–Crippen LogP) is 5.59.